The summed E-state index contributed by atoms with van der Waals surface area (Å²) in [6, 6.07) is 1.41. The molecule has 14 heavy (non-hydrogen) atoms. The molecule has 1 aromatic carbocycles. The zero-order valence-corrected chi connectivity index (χ0v) is 10.3. The Bertz CT molecular complexity index is 413. The van der Waals surface area contributed by atoms with Crippen LogP contribution in [0.1, 0.15) is 26.3 Å². The van der Waals surface area contributed by atoms with Crippen molar-refractivity contribution in [3.05, 3.63) is 31.7 Å². The van der Waals surface area contributed by atoms with Crippen LogP contribution >= 0.6 is 31.9 Å². The van der Waals surface area contributed by atoms with E-state index in [4.69, 9.17) is 5.11 Å². The van der Waals surface area contributed by atoms with Crippen molar-refractivity contribution in [3.63, 3.8) is 0 Å². The minimum absolute atomic E-state index is 0.139. The van der Waals surface area contributed by atoms with Gasteiger partial charge in [0.2, 0.25) is 0 Å². The Morgan fingerprint density at radius 2 is 2.07 bits per heavy atom. The molecule has 0 saturated carbocycles. The van der Waals surface area contributed by atoms with Gasteiger partial charge in [-0.15, -0.1) is 0 Å². The van der Waals surface area contributed by atoms with Crippen LogP contribution in [-0.2, 0) is 0 Å². The van der Waals surface area contributed by atoms with E-state index < -0.39 is 5.97 Å². The van der Waals surface area contributed by atoms with E-state index in [1.165, 1.54) is 6.07 Å². The van der Waals surface area contributed by atoms with Crippen LogP contribution in [0, 0.1) is 6.92 Å². The van der Waals surface area contributed by atoms with Crippen LogP contribution in [0.15, 0.2) is 15.0 Å². The standard InChI is InChI=1S/C9H6Br2O3/c1-4-6(3-12)7(10)2-5(8(4)11)9(13)14/h2-3H,1H3,(H,13,14). The summed E-state index contributed by atoms with van der Waals surface area (Å²) in [6.07, 6.45) is 0.690. The van der Waals surface area contributed by atoms with Gasteiger partial charge in [-0.3, -0.25) is 4.79 Å². The molecule has 0 saturated heterocycles. The van der Waals surface area contributed by atoms with Crippen molar-refractivity contribution in [2.75, 3.05) is 0 Å². The van der Waals surface area contributed by atoms with Crippen molar-refractivity contribution < 1.29 is 14.7 Å². The van der Waals surface area contributed by atoms with Gasteiger partial charge in [0, 0.05) is 14.5 Å². The Kier molecular flexibility index (Phi) is 3.44. The Morgan fingerprint density at radius 3 is 2.50 bits per heavy atom. The number of aromatic carboxylic acids is 1. The Morgan fingerprint density at radius 1 is 1.50 bits per heavy atom. The van der Waals surface area contributed by atoms with Gasteiger partial charge in [-0.1, -0.05) is 15.9 Å². The van der Waals surface area contributed by atoms with E-state index >= 15 is 0 Å². The van der Waals surface area contributed by atoms with E-state index in [1.54, 1.807) is 6.92 Å². The molecule has 1 aromatic rings. The SMILES string of the molecule is Cc1c(Br)c(C(=O)O)cc(Br)c1C=O. The fourth-order valence-corrected chi connectivity index (χ4v) is 2.18. The highest BCUT2D eigenvalue weighted by Gasteiger charge is 2.15. The molecule has 0 atom stereocenters. The molecule has 0 amide bonds. The largest absolute Gasteiger partial charge is 0.478 e. The molecule has 0 fully saturated rings. The van der Waals surface area contributed by atoms with Crippen LogP contribution in [0.2, 0.25) is 0 Å². The van der Waals surface area contributed by atoms with E-state index in [0.29, 0.717) is 26.4 Å². The van der Waals surface area contributed by atoms with Crippen molar-refractivity contribution >= 4 is 44.1 Å². The summed E-state index contributed by atoms with van der Waals surface area (Å²) in [4.78, 5) is 21.5. The zero-order valence-electron chi connectivity index (χ0n) is 7.17. The van der Waals surface area contributed by atoms with Crippen molar-refractivity contribution in [2.45, 2.75) is 6.92 Å². The third-order valence-corrected chi connectivity index (χ3v) is 3.52. The fourth-order valence-electron chi connectivity index (χ4n) is 1.07. The van der Waals surface area contributed by atoms with Crippen LogP contribution in [-0.4, -0.2) is 17.4 Å². The first-order chi connectivity index (χ1) is 6.49. The van der Waals surface area contributed by atoms with Gasteiger partial charge in [0.1, 0.15) is 0 Å². The summed E-state index contributed by atoms with van der Waals surface area (Å²) >= 11 is 6.29. The molecule has 5 heteroatoms. The summed E-state index contributed by atoms with van der Waals surface area (Å²) < 4.78 is 0.931. The number of carboxylic acids is 1. The van der Waals surface area contributed by atoms with Gasteiger partial charge >= 0.3 is 5.97 Å². The van der Waals surface area contributed by atoms with Gasteiger partial charge in [0.05, 0.1) is 5.56 Å². The highest BCUT2D eigenvalue weighted by Crippen LogP contribution is 2.29. The molecule has 0 aliphatic heterocycles. The smallest absolute Gasteiger partial charge is 0.336 e. The first-order valence-corrected chi connectivity index (χ1v) is 5.24. The van der Waals surface area contributed by atoms with Crippen molar-refractivity contribution in [1.29, 1.82) is 0 Å². The second-order valence-corrected chi connectivity index (χ2v) is 4.33. The van der Waals surface area contributed by atoms with E-state index in [0.717, 1.165) is 0 Å². The molecular weight excluding hydrogens is 316 g/mol. The lowest BCUT2D eigenvalue weighted by Crippen LogP contribution is -2.02. The third-order valence-electron chi connectivity index (χ3n) is 1.85. The number of rotatable bonds is 2. The summed E-state index contributed by atoms with van der Waals surface area (Å²) in [7, 11) is 0. The van der Waals surface area contributed by atoms with Gasteiger partial charge in [-0.2, -0.15) is 0 Å². The number of carbonyl (C=O) groups excluding carboxylic acids is 1. The van der Waals surface area contributed by atoms with E-state index in [-0.39, 0.29) is 5.56 Å². The summed E-state index contributed by atoms with van der Waals surface area (Å²) in [5, 5.41) is 8.84. The Hall–Kier alpha value is -0.680. The predicted octanol–water partition coefficient (Wildman–Crippen LogP) is 3.03. The van der Waals surface area contributed by atoms with Crippen LogP contribution < -0.4 is 0 Å². The Labute approximate surface area is 97.4 Å². The average Bonchev–Trinajstić information content (AvgIpc) is 2.12. The number of hydrogen-bond donors (Lipinski definition) is 1. The number of carbonyl (C=O) groups is 2. The maximum atomic E-state index is 10.8. The van der Waals surface area contributed by atoms with Crippen LogP contribution in [0.3, 0.4) is 0 Å². The zero-order chi connectivity index (χ0) is 10.9. The summed E-state index contributed by atoms with van der Waals surface area (Å²) in [5.74, 6) is -1.03. The minimum atomic E-state index is -1.03. The first kappa shape index (κ1) is 11.4. The molecule has 0 unspecified atom stereocenters. The third kappa shape index (κ3) is 1.88. The second kappa shape index (κ2) is 4.23. The lowest BCUT2D eigenvalue weighted by molar-refractivity contribution is 0.0695. The normalized spacial score (nSPS) is 9.93. The molecular formula is C9H6Br2O3. The molecule has 0 aromatic heterocycles. The fraction of sp³-hybridized carbons (Fsp3) is 0.111. The lowest BCUT2D eigenvalue weighted by atomic mass is 10.1. The van der Waals surface area contributed by atoms with Gasteiger partial charge in [0.15, 0.2) is 6.29 Å². The maximum absolute atomic E-state index is 10.8. The van der Waals surface area contributed by atoms with Crippen molar-refractivity contribution in [3.8, 4) is 0 Å². The van der Waals surface area contributed by atoms with Crippen molar-refractivity contribution in [2.24, 2.45) is 0 Å². The van der Waals surface area contributed by atoms with Crippen LogP contribution in [0.25, 0.3) is 0 Å². The molecule has 0 radical (unpaired) electrons. The van der Waals surface area contributed by atoms with Gasteiger partial charge < -0.3 is 5.11 Å². The number of hydrogen-bond acceptors (Lipinski definition) is 2. The van der Waals surface area contributed by atoms with Gasteiger partial charge in [-0.05, 0) is 34.5 Å². The molecule has 0 heterocycles. The number of halogens is 2. The van der Waals surface area contributed by atoms with Gasteiger partial charge in [-0.25, -0.2) is 4.79 Å². The lowest BCUT2D eigenvalue weighted by Gasteiger charge is -2.07. The topological polar surface area (TPSA) is 54.4 Å². The predicted molar refractivity (Wildman–Crippen MR) is 58.9 cm³/mol. The molecule has 0 bridgehead atoms. The molecule has 74 valence electrons. The molecule has 0 aliphatic carbocycles. The monoisotopic (exact) mass is 320 g/mol. The highest BCUT2D eigenvalue weighted by atomic mass is 79.9. The molecule has 3 nitrogen and oxygen atoms in total. The maximum Gasteiger partial charge on any atom is 0.336 e. The summed E-state index contributed by atoms with van der Waals surface area (Å²) in [6.45, 7) is 1.69. The van der Waals surface area contributed by atoms with E-state index in [2.05, 4.69) is 31.9 Å². The molecule has 0 aliphatic rings. The average molecular weight is 322 g/mol. The molecule has 0 spiro atoms. The van der Waals surface area contributed by atoms with Crippen LogP contribution in [0.4, 0.5) is 0 Å². The van der Waals surface area contributed by atoms with E-state index in [9.17, 15) is 9.59 Å². The van der Waals surface area contributed by atoms with Gasteiger partial charge in [0.25, 0.3) is 0 Å². The van der Waals surface area contributed by atoms with E-state index in [1.807, 2.05) is 0 Å². The first-order valence-electron chi connectivity index (χ1n) is 3.66. The molecule has 1 N–H and O–H groups in total. The highest BCUT2D eigenvalue weighted by molar-refractivity contribution is 9.11. The Balaban J connectivity index is 3.55. The number of carboxylic acid groups (broad SMARTS) is 1. The quantitative estimate of drug-likeness (QED) is 0.852. The molecule has 1 rings (SSSR count). The number of benzene rings is 1. The minimum Gasteiger partial charge on any atom is -0.478 e. The second-order valence-electron chi connectivity index (χ2n) is 2.68. The van der Waals surface area contributed by atoms with Crippen molar-refractivity contribution in [1.82, 2.24) is 0 Å². The summed E-state index contributed by atoms with van der Waals surface area (Å²) in [5.41, 5.74) is 1.22. The van der Waals surface area contributed by atoms with Crippen LogP contribution in [0.5, 0.6) is 0 Å². The number of aldehydes is 1.